The maximum Gasteiger partial charge on any atom is 0.303 e. The first-order valence-corrected chi connectivity index (χ1v) is 10.3. The summed E-state index contributed by atoms with van der Waals surface area (Å²) in [5.74, 6) is 0.635. The highest BCUT2D eigenvalue weighted by Gasteiger charge is 2.35. The molecule has 1 aliphatic rings. The van der Waals surface area contributed by atoms with Gasteiger partial charge < -0.3 is 19.0 Å². The van der Waals surface area contributed by atoms with Crippen LogP contribution in [0.4, 0.5) is 0 Å². The quantitative estimate of drug-likeness (QED) is 0.562. The molecule has 8 heteroatoms. The van der Waals surface area contributed by atoms with Crippen LogP contribution in [0.5, 0.6) is 11.5 Å². The van der Waals surface area contributed by atoms with E-state index in [2.05, 4.69) is 5.10 Å². The number of hydrogen-bond donors (Lipinski definition) is 1. The number of benzene rings is 2. The predicted octanol–water partition coefficient (Wildman–Crippen LogP) is 4.38. The number of methoxy groups -OCH3 is 2. The van der Waals surface area contributed by atoms with Crippen LogP contribution in [-0.2, 0) is 9.59 Å². The Bertz CT molecular complexity index is 1150. The number of aliphatic carboxylic acids is 1. The van der Waals surface area contributed by atoms with E-state index in [1.807, 2.05) is 42.5 Å². The van der Waals surface area contributed by atoms with E-state index in [4.69, 9.17) is 19.0 Å². The molecular formula is C24H24N2O6. The third-order valence-electron chi connectivity index (χ3n) is 5.44. The number of furan rings is 1. The average molecular weight is 436 g/mol. The number of hydrogen-bond acceptors (Lipinski definition) is 6. The van der Waals surface area contributed by atoms with Gasteiger partial charge in [0.2, 0.25) is 5.91 Å². The van der Waals surface area contributed by atoms with Crippen molar-refractivity contribution in [3.63, 3.8) is 0 Å². The van der Waals surface area contributed by atoms with Crippen molar-refractivity contribution in [1.29, 1.82) is 0 Å². The van der Waals surface area contributed by atoms with E-state index in [-0.39, 0.29) is 25.2 Å². The summed E-state index contributed by atoms with van der Waals surface area (Å²) in [7, 11) is 3.13. The van der Waals surface area contributed by atoms with Gasteiger partial charge in [0.1, 0.15) is 17.4 Å². The molecule has 1 aliphatic heterocycles. The van der Waals surface area contributed by atoms with E-state index in [0.29, 0.717) is 29.4 Å². The number of fused-ring (bicyclic) bond motifs is 1. The Kier molecular flexibility index (Phi) is 6.11. The van der Waals surface area contributed by atoms with E-state index in [1.54, 1.807) is 20.3 Å². The first-order chi connectivity index (χ1) is 15.5. The van der Waals surface area contributed by atoms with Crippen LogP contribution in [0.3, 0.4) is 0 Å². The molecular weight excluding hydrogens is 412 g/mol. The van der Waals surface area contributed by atoms with Crippen molar-refractivity contribution in [2.75, 3.05) is 14.2 Å². The SMILES string of the molecule is COc1ccc(C2=NN(C(=O)CCCC(=O)O)C(c3cc4ccccc4o3)C2)cc1OC. The van der Waals surface area contributed by atoms with E-state index in [0.717, 1.165) is 16.5 Å². The third kappa shape index (κ3) is 4.30. The first-order valence-electron chi connectivity index (χ1n) is 10.3. The van der Waals surface area contributed by atoms with Crippen molar-refractivity contribution >= 4 is 28.6 Å². The number of nitrogens with zero attached hydrogens (tertiary/aromatic N) is 2. The molecule has 1 unspecified atom stereocenters. The minimum absolute atomic E-state index is 0.0683. The molecule has 3 aromatic rings. The third-order valence-corrected chi connectivity index (χ3v) is 5.44. The number of para-hydroxylation sites is 1. The van der Waals surface area contributed by atoms with Gasteiger partial charge in [0.25, 0.3) is 0 Å². The number of ether oxygens (including phenoxy) is 2. The highest BCUT2D eigenvalue weighted by atomic mass is 16.5. The van der Waals surface area contributed by atoms with Crippen LogP contribution in [0.2, 0.25) is 0 Å². The Morgan fingerprint density at radius 3 is 2.59 bits per heavy atom. The summed E-state index contributed by atoms with van der Waals surface area (Å²) in [5, 5.41) is 15.9. The second-order valence-electron chi connectivity index (χ2n) is 7.51. The smallest absolute Gasteiger partial charge is 0.303 e. The lowest BCUT2D eigenvalue weighted by molar-refractivity contribution is -0.137. The van der Waals surface area contributed by atoms with Crippen LogP contribution >= 0.6 is 0 Å². The lowest BCUT2D eigenvalue weighted by Gasteiger charge is -2.19. The molecule has 166 valence electrons. The normalized spacial score (nSPS) is 15.6. The molecule has 2 aromatic carbocycles. The monoisotopic (exact) mass is 436 g/mol. The van der Waals surface area contributed by atoms with Crippen molar-refractivity contribution in [2.24, 2.45) is 5.10 Å². The van der Waals surface area contributed by atoms with Crippen molar-refractivity contribution in [2.45, 2.75) is 31.7 Å². The van der Waals surface area contributed by atoms with Crippen molar-refractivity contribution < 1.29 is 28.6 Å². The Labute approximate surface area is 185 Å². The second kappa shape index (κ2) is 9.13. The summed E-state index contributed by atoms with van der Waals surface area (Å²) in [6.07, 6.45) is 0.728. The van der Waals surface area contributed by atoms with Gasteiger partial charge in [-0.2, -0.15) is 5.10 Å². The van der Waals surface area contributed by atoms with Gasteiger partial charge in [-0.05, 0) is 36.8 Å². The van der Waals surface area contributed by atoms with Gasteiger partial charge >= 0.3 is 5.97 Å². The van der Waals surface area contributed by atoms with Gasteiger partial charge in [0.15, 0.2) is 11.5 Å². The molecule has 1 aromatic heterocycles. The summed E-state index contributed by atoms with van der Waals surface area (Å²) in [6.45, 7) is 0. The summed E-state index contributed by atoms with van der Waals surface area (Å²) in [4.78, 5) is 23.8. The zero-order chi connectivity index (χ0) is 22.7. The highest BCUT2D eigenvalue weighted by molar-refractivity contribution is 6.03. The lowest BCUT2D eigenvalue weighted by atomic mass is 10.0. The zero-order valence-electron chi connectivity index (χ0n) is 17.9. The van der Waals surface area contributed by atoms with Crippen molar-refractivity contribution in [3.8, 4) is 11.5 Å². The fourth-order valence-corrected chi connectivity index (χ4v) is 3.82. The predicted molar refractivity (Wildman–Crippen MR) is 118 cm³/mol. The van der Waals surface area contributed by atoms with Crippen LogP contribution in [0, 0.1) is 0 Å². The Hall–Kier alpha value is -3.81. The molecule has 1 N–H and O–H groups in total. The molecule has 1 amide bonds. The maximum atomic E-state index is 13.0. The number of carbonyl (C=O) groups excluding carboxylic acids is 1. The summed E-state index contributed by atoms with van der Waals surface area (Å²) < 4.78 is 16.7. The fourth-order valence-electron chi connectivity index (χ4n) is 3.82. The van der Waals surface area contributed by atoms with Crippen LogP contribution in [-0.4, -0.2) is 41.9 Å². The highest BCUT2D eigenvalue weighted by Crippen LogP contribution is 2.37. The molecule has 8 nitrogen and oxygen atoms in total. The Morgan fingerprint density at radius 2 is 1.88 bits per heavy atom. The molecule has 0 fully saturated rings. The molecule has 32 heavy (non-hydrogen) atoms. The summed E-state index contributed by atoms with van der Waals surface area (Å²) in [5.41, 5.74) is 2.26. The lowest BCUT2D eigenvalue weighted by Crippen LogP contribution is -2.26. The van der Waals surface area contributed by atoms with Crippen LogP contribution in [0.25, 0.3) is 11.0 Å². The van der Waals surface area contributed by atoms with Crippen LogP contribution < -0.4 is 9.47 Å². The minimum Gasteiger partial charge on any atom is -0.493 e. The molecule has 0 saturated carbocycles. The van der Waals surface area contributed by atoms with Gasteiger partial charge in [0, 0.05) is 30.2 Å². The van der Waals surface area contributed by atoms with Gasteiger partial charge in [-0.25, -0.2) is 5.01 Å². The molecule has 2 heterocycles. The topological polar surface area (TPSA) is 102 Å². The summed E-state index contributed by atoms with van der Waals surface area (Å²) >= 11 is 0. The van der Waals surface area contributed by atoms with Gasteiger partial charge in [-0.15, -0.1) is 0 Å². The average Bonchev–Trinajstić information content (AvgIpc) is 3.42. The Morgan fingerprint density at radius 1 is 1.09 bits per heavy atom. The Balaban J connectivity index is 1.66. The van der Waals surface area contributed by atoms with E-state index >= 15 is 0 Å². The molecule has 0 saturated heterocycles. The minimum atomic E-state index is -0.928. The largest absolute Gasteiger partial charge is 0.493 e. The number of rotatable bonds is 8. The number of hydrazone groups is 1. The van der Waals surface area contributed by atoms with E-state index in [9.17, 15) is 9.59 Å². The van der Waals surface area contributed by atoms with E-state index < -0.39 is 12.0 Å². The second-order valence-corrected chi connectivity index (χ2v) is 7.51. The van der Waals surface area contributed by atoms with Gasteiger partial charge in [-0.3, -0.25) is 9.59 Å². The zero-order valence-corrected chi connectivity index (χ0v) is 17.9. The number of carboxylic acid groups (broad SMARTS) is 1. The van der Waals surface area contributed by atoms with Crippen molar-refractivity contribution in [1.82, 2.24) is 5.01 Å². The molecule has 1 atom stereocenters. The number of amides is 1. The molecule has 0 aliphatic carbocycles. The van der Waals surface area contributed by atoms with Crippen LogP contribution in [0.15, 0.2) is 58.0 Å². The number of carbonyl (C=O) groups is 2. The molecule has 4 rings (SSSR count). The summed E-state index contributed by atoms with van der Waals surface area (Å²) in [6, 6.07) is 14.6. The van der Waals surface area contributed by atoms with Crippen molar-refractivity contribution in [3.05, 3.63) is 59.9 Å². The fraction of sp³-hybridized carbons (Fsp3) is 0.292. The first kappa shape index (κ1) is 21.4. The van der Waals surface area contributed by atoms with Gasteiger partial charge in [-0.1, -0.05) is 18.2 Å². The molecule has 0 bridgehead atoms. The van der Waals surface area contributed by atoms with Crippen LogP contribution in [0.1, 0.15) is 43.0 Å². The molecule has 0 radical (unpaired) electrons. The van der Waals surface area contributed by atoms with Gasteiger partial charge in [0.05, 0.1) is 19.9 Å². The van der Waals surface area contributed by atoms with E-state index in [1.165, 1.54) is 5.01 Å². The standard InChI is InChI=1S/C24H24N2O6/c1-30-20-11-10-15(12-22(20)31-2)17-14-18(21-13-16-6-3-4-7-19(16)32-21)26(25-17)23(27)8-5-9-24(28)29/h3-4,6-7,10-13,18H,5,8-9,14H2,1-2H3,(H,28,29). The maximum absolute atomic E-state index is 13.0. The molecule has 0 spiro atoms. The number of carboxylic acids is 1.